The SMILES string of the molecule is CCN(C)C(=O)CCN(C)CC1CCCO1. The third-order valence-corrected chi connectivity index (χ3v) is 3.15. The number of rotatable bonds is 6. The van der Waals surface area contributed by atoms with Crippen molar-refractivity contribution in [2.75, 3.05) is 40.3 Å². The Bertz CT molecular complexity index is 215. The minimum atomic E-state index is 0.224. The summed E-state index contributed by atoms with van der Waals surface area (Å²) < 4.78 is 5.56. The van der Waals surface area contributed by atoms with Crippen molar-refractivity contribution in [2.24, 2.45) is 0 Å². The second-order valence-electron chi connectivity index (χ2n) is 4.56. The molecule has 1 aliphatic rings. The zero-order chi connectivity index (χ0) is 12.0. The van der Waals surface area contributed by atoms with Gasteiger partial charge in [-0.15, -0.1) is 0 Å². The Kier molecular flexibility index (Phi) is 5.77. The summed E-state index contributed by atoms with van der Waals surface area (Å²) in [5, 5.41) is 0. The number of hydrogen-bond acceptors (Lipinski definition) is 3. The largest absolute Gasteiger partial charge is 0.377 e. The van der Waals surface area contributed by atoms with Gasteiger partial charge in [0.2, 0.25) is 5.91 Å². The van der Waals surface area contributed by atoms with Gasteiger partial charge in [-0.2, -0.15) is 0 Å². The molecule has 1 saturated heterocycles. The fourth-order valence-electron chi connectivity index (χ4n) is 1.88. The Morgan fingerprint density at radius 3 is 2.75 bits per heavy atom. The molecule has 1 atom stereocenters. The topological polar surface area (TPSA) is 32.8 Å². The summed E-state index contributed by atoms with van der Waals surface area (Å²) in [6.07, 6.45) is 3.32. The van der Waals surface area contributed by atoms with E-state index in [4.69, 9.17) is 4.74 Å². The quantitative estimate of drug-likeness (QED) is 0.679. The van der Waals surface area contributed by atoms with Crippen molar-refractivity contribution >= 4 is 5.91 Å². The number of amides is 1. The summed E-state index contributed by atoms with van der Waals surface area (Å²) in [4.78, 5) is 15.5. The van der Waals surface area contributed by atoms with E-state index in [2.05, 4.69) is 11.9 Å². The van der Waals surface area contributed by atoms with E-state index in [0.29, 0.717) is 12.5 Å². The van der Waals surface area contributed by atoms with Crippen LogP contribution in [-0.2, 0) is 9.53 Å². The van der Waals surface area contributed by atoms with Crippen molar-refractivity contribution in [3.05, 3.63) is 0 Å². The van der Waals surface area contributed by atoms with Crippen LogP contribution < -0.4 is 0 Å². The first-order chi connectivity index (χ1) is 7.63. The van der Waals surface area contributed by atoms with Crippen LogP contribution in [0.3, 0.4) is 0 Å². The van der Waals surface area contributed by atoms with Gasteiger partial charge in [0.05, 0.1) is 6.10 Å². The molecule has 0 aromatic heterocycles. The molecule has 1 unspecified atom stereocenters. The zero-order valence-electron chi connectivity index (χ0n) is 10.7. The van der Waals surface area contributed by atoms with Gasteiger partial charge in [0.1, 0.15) is 0 Å². The normalized spacial score (nSPS) is 20.4. The molecule has 0 saturated carbocycles. The Balaban J connectivity index is 2.13. The van der Waals surface area contributed by atoms with Crippen LogP contribution in [0.5, 0.6) is 0 Å². The first-order valence-electron chi connectivity index (χ1n) is 6.17. The maximum Gasteiger partial charge on any atom is 0.223 e. The number of carbonyl (C=O) groups is 1. The number of ether oxygens (including phenoxy) is 1. The fraction of sp³-hybridized carbons (Fsp3) is 0.917. The highest BCUT2D eigenvalue weighted by molar-refractivity contribution is 5.75. The van der Waals surface area contributed by atoms with E-state index in [1.54, 1.807) is 4.90 Å². The molecule has 1 heterocycles. The van der Waals surface area contributed by atoms with Crippen LogP contribution in [-0.4, -0.2) is 62.1 Å². The van der Waals surface area contributed by atoms with Gasteiger partial charge in [-0.3, -0.25) is 4.79 Å². The van der Waals surface area contributed by atoms with Crippen molar-refractivity contribution in [2.45, 2.75) is 32.3 Å². The lowest BCUT2D eigenvalue weighted by atomic mass is 10.2. The minimum Gasteiger partial charge on any atom is -0.377 e. The van der Waals surface area contributed by atoms with Gasteiger partial charge in [0.15, 0.2) is 0 Å². The summed E-state index contributed by atoms with van der Waals surface area (Å²) in [6, 6.07) is 0. The molecule has 0 aromatic rings. The lowest BCUT2D eigenvalue weighted by molar-refractivity contribution is -0.130. The summed E-state index contributed by atoms with van der Waals surface area (Å²) >= 11 is 0. The summed E-state index contributed by atoms with van der Waals surface area (Å²) in [5.74, 6) is 0.224. The highest BCUT2D eigenvalue weighted by Crippen LogP contribution is 2.12. The van der Waals surface area contributed by atoms with Crippen molar-refractivity contribution in [3.8, 4) is 0 Å². The molecule has 1 amide bonds. The van der Waals surface area contributed by atoms with Crippen molar-refractivity contribution < 1.29 is 9.53 Å². The molecule has 0 aliphatic carbocycles. The van der Waals surface area contributed by atoms with Gasteiger partial charge in [-0.05, 0) is 26.8 Å². The maximum absolute atomic E-state index is 11.6. The van der Waals surface area contributed by atoms with Crippen LogP contribution in [0, 0.1) is 0 Å². The minimum absolute atomic E-state index is 0.224. The third-order valence-electron chi connectivity index (χ3n) is 3.15. The number of nitrogens with zero attached hydrogens (tertiary/aromatic N) is 2. The van der Waals surface area contributed by atoms with Gasteiger partial charge in [-0.1, -0.05) is 0 Å². The number of carbonyl (C=O) groups excluding carboxylic acids is 1. The number of likely N-dealkylation sites (N-methyl/N-ethyl adjacent to an activating group) is 1. The fourth-order valence-corrected chi connectivity index (χ4v) is 1.88. The molecule has 4 heteroatoms. The Morgan fingerprint density at radius 1 is 1.44 bits per heavy atom. The molecular weight excluding hydrogens is 204 g/mol. The Labute approximate surface area is 98.5 Å². The van der Waals surface area contributed by atoms with Crippen LogP contribution in [0.2, 0.25) is 0 Å². The summed E-state index contributed by atoms with van der Waals surface area (Å²) in [7, 11) is 3.91. The van der Waals surface area contributed by atoms with Crippen LogP contribution in [0.15, 0.2) is 0 Å². The molecule has 0 aromatic carbocycles. The summed E-state index contributed by atoms with van der Waals surface area (Å²) in [5.41, 5.74) is 0. The average molecular weight is 228 g/mol. The smallest absolute Gasteiger partial charge is 0.223 e. The molecule has 1 aliphatic heterocycles. The second kappa shape index (κ2) is 6.86. The molecule has 0 N–H and O–H groups in total. The Hall–Kier alpha value is -0.610. The molecule has 0 radical (unpaired) electrons. The van der Waals surface area contributed by atoms with Gasteiger partial charge in [0, 0.05) is 39.7 Å². The van der Waals surface area contributed by atoms with Crippen LogP contribution >= 0.6 is 0 Å². The highest BCUT2D eigenvalue weighted by atomic mass is 16.5. The highest BCUT2D eigenvalue weighted by Gasteiger charge is 2.17. The first kappa shape index (κ1) is 13.5. The van der Waals surface area contributed by atoms with Crippen molar-refractivity contribution in [3.63, 3.8) is 0 Å². The molecule has 94 valence electrons. The van der Waals surface area contributed by atoms with Gasteiger partial charge >= 0.3 is 0 Å². The number of hydrogen-bond donors (Lipinski definition) is 0. The van der Waals surface area contributed by atoms with Crippen LogP contribution in [0.1, 0.15) is 26.2 Å². The first-order valence-corrected chi connectivity index (χ1v) is 6.17. The molecule has 0 bridgehead atoms. The molecule has 4 nitrogen and oxygen atoms in total. The molecule has 1 rings (SSSR count). The van der Waals surface area contributed by atoms with E-state index < -0.39 is 0 Å². The molecule has 1 fully saturated rings. The van der Waals surface area contributed by atoms with Gasteiger partial charge in [0.25, 0.3) is 0 Å². The second-order valence-corrected chi connectivity index (χ2v) is 4.56. The van der Waals surface area contributed by atoms with Crippen LogP contribution in [0.4, 0.5) is 0 Å². The third kappa shape index (κ3) is 4.49. The molecular formula is C12H24N2O2. The monoisotopic (exact) mass is 228 g/mol. The zero-order valence-corrected chi connectivity index (χ0v) is 10.7. The lowest BCUT2D eigenvalue weighted by Crippen LogP contribution is -2.33. The van der Waals surface area contributed by atoms with Gasteiger partial charge in [-0.25, -0.2) is 0 Å². The summed E-state index contributed by atoms with van der Waals surface area (Å²) in [6.45, 7) is 5.45. The van der Waals surface area contributed by atoms with Crippen molar-refractivity contribution in [1.82, 2.24) is 9.80 Å². The predicted molar refractivity (Wildman–Crippen MR) is 64.4 cm³/mol. The van der Waals surface area contributed by atoms with E-state index >= 15 is 0 Å². The molecule has 16 heavy (non-hydrogen) atoms. The van der Waals surface area contributed by atoms with Crippen molar-refractivity contribution in [1.29, 1.82) is 0 Å². The lowest BCUT2D eigenvalue weighted by Gasteiger charge is -2.21. The van der Waals surface area contributed by atoms with E-state index in [1.807, 2.05) is 14.0 Å². The van der Waals surface area contributed by atoms with E-state index in [-0.39, 0.29) is 5.91 Å². The standard InChI is InChI=1S/C12H24N2O2/c1-4-14(3)12(15)7-8-13(2)10-11-6-5-9-16-11/h11H,4-10H2,1-3H3. The predicted octanol–water partition coefficient (Wildman–Crippen LogP) is 0.966. The Morgan fingerprint density at radius 2 is 2.19 bits per heavy atom. The van der Waals surface area contributed by atoms with E-state index in [0.717, 1.165) is 32.7 Å². The van der Waals surface area contributed by atoms with Gasteiger partial charge < -0.3 is 14.5 Å². The van der Waals surface area contributed by atoms with E-state index in [1.165, 1.54) is 6.42 Å². The van der Waals surface area contributed by atoms with Crippen LogP contribution in [0.25, 0.3) is 0 Å². The maximum atomic E-state index is 11.6. The molecule has 0 spiro atoms. The van der Waals surface area contributed by atoms with E-state index in [9.17, 15) is 4.79 Å². The average Bonchev–Trinajstić information content (AvgIpc) is 2.77.